The molecule has 3 rings (SSSR count). The van der Waals surface area contributed by atoms with E-state index >= 15 is 0 Å². The molecule has 0 aromatic carbocycles. The Bertz CT molecular complexity index is 610. The first-order chi connectivity index (χ1) is 9.43. The van der Waals surface area contributed by atoms with E-state index in [2.05, 4.69) is 20.3 Å². The quantitative estimate of drug-likeness (QED) is 0.773. The minimum atomic E-state index is -0.175. The predicted molar refractivity (Wildman–Crippen MR) is 70.4 cm³/mol. The summed E-state index contributed by atoms with van der Waals surface area (Å²) >= 11 is 0. The van der Waals surface area contributed by atoms with Crippen molar-refractivity contribution in [3.05, 3.63) is 73.0 Å². The summed E-state index contributed by atoms with van der Waals surface area (Å²) < 4.78 is 5.39. The number of oxazole rings is 1. The van der Waals surface area contributed by atoms with E-state index < -0.39 is 0 Å². The summed E-state index contributed by atoms with van der Waals surface area (Å²) in [5.74, 6) is 0.718. The van der Waals surface area contributed by atoms with Gasteiger partial charge in [0.15, 0.2) is 12.2 Å². The van der Waals surface area contributed by atoms with Gasteiger partial charge in [-0.1, -0.05) is 6.07 Å². The predicted octanol–water partition coefficient (Wildman–Crippen LogP) is 2.67. The van der Waals surface area contributed by atoms with E-state index in [0.29, 0.717) is 0 Å². The second-order valence-corrected chi connectivity index (χ2v) is 3.97. The Hall–Kier alpha value is -2.69. The van der Waals surface area contributed by atoms with Crippen molar-refractivity contribution in [1.29, 1.82) is 0 Å². The number of nitrogens with one attached hydrogen (secondary N) is 1. The van der Waals surface area contributed by atoms with Crippen molar-refractivity contribution in [2.45, 2.75) is 6.04 Å². The van der Waals surface area contributed by atoms with Gasteiger partial charge in [0.05, 0.1) is 11.9 Å². The van der Waals surface area contributed by atoms with Crippen molar-refractivity contribution in [3.63, 3.8) is 0 Å². The molecular formula is C14H12N4O. The van der Waals surface area contributed by atoms with Crippen molar-refractivity contribution in [1.82, 2.24) is 15.0 Å². The van der Waals surface area contributed by atoms with Crippen LogP contribution in [0.25, 0.3) is 0 Å². The maximum Gasteiger partial charge on any atom is 0.180 e. The smallest absolute Gasteiger partial charge is 0.180 e. The van der Waals surface area contributed by atoms with Crippen LogP contribution in [0.1, 0.15) is 17.5 Å². The molecule has 0 fully saturated rings. The van der Waals surface area contributed by atoms with Gasteiger partial charge in [0.25, 0.3) is 0 Å². The monoisotopic (exact) mass is 252 g/mol. The topological polar surface area (TPSA) is 63.8 Å². The Balaban J connectivity index is 1.94. The third-order valence-corrected chi connectivity index (χ3v) is 2.71. The molecule has 1 atom stereocenters. The first-order valence-corrected chi connectivity index (χ1v) is 5.89. The molecule has 3 heterocycles. The van der Waals surface area contributed by atoms with Crippen molar-refractivity contribution in [2.24, 2.45) is 0 Å². The summed E-state index contributed by atoms with van der Waals surface area (Å²) in [6, 6.07) is 9.39. The first kappa shape index (κ1) is 11.4. The van der Waals surface area contributed by atoms with Gasteiger partial charge in [0, 0.05) is 24.3 Å². The van der Waals surface area contributed by atoms with Crippen molar-refractivity contribution < 1.29 is 4.42 Å². The van der Waals surface area contributed by atoms with E-state index in [4.69, 9.17) is 4.42 Å². The number of pyridine rings is 2. The van der Waals surface area contributed by atoms with E-state index in [9.17, 15) is 0 Å². The van der Waals surface area contributed by atoms with Crippen molar-refractivity contribution >= 4 is 5.69 Å². The highest BCUT2D eigenvalue weighted by molar-refractivity contribution is 5.45. The number of anilines is 1. The Morgan fingerprint density at radius 2 is 1.89 bits per heavy atom. The Labute approximate surface area is 110 Å². The zero-order valence-electron chi connectivity index (χ0n) is 10.1. The second-order valence-electron chi connectivity index (χ2n) is 3.97. The van der Waals surface area contributed by atoms with Crippen LogP contribution in [0.15, 0.2) is 65.9 Å². The SMILES string of the molecule is c1ccc(C(Nc2ccncc2)c2cnco2)nc1. The van der Waals surface area contributed by atoms with Gasteiger partial charge in [-0.15, -0.1) is 0 Å². The zero-order valence-corrected chi connectivity index (χ0v) is 10.1. The average Bonchev–Trinajstić information content (AvgIpc) is 3.01. The largest absolute Gasteiger partial charge is 0.446 e. The van der Waals surface area contributed by atoms with Gasteiger partial charge in [-0.3, -0.25) is 9.97 Å². The molecule has 5 heteroatoms. The molecule has 1 N–H and O–H groups in total. The highest BCUT2D eigenvalue weighted by Crippen LogP contribution is 2.24. The molecule has 3 aromatic rings. The third kappa shape index (κ3) is 2.60. The van der Waals surface area contributed by atoms with Gasteiger partial charge in [-0.05, 0) is 24.3 Å². The fourth-order valence-electron chi connectivity index (χ4n) is 1.82. The minimum absolute atomic E-state index is 0.175. The number of aromatic nitrogens is 3. The van der Waals surface area contributed by atoms with E-state index in [1.165, 1.54) is 6.39 Å². The van der Waals surface area contributed by atoms with Gasteiger partial charge >= 0.3 is 0 Å². The molecule has 0 amide bonds. The molecule has 0 aliphatic carbocycles. The Morgan fingerprint density at radius 1 is 1.00 bits per heavy atom. The molecule has 0 spiro atoms. The lowest BCUT2D eigenvalue weighted by atomic mass is 10.1. The summed E-state index contributed by atoms with van der Waals surface area (Å²) in [5, 5.41) is 3.36. The van der Waals surface area contributed by atoms with Crippen molar-refractivity contribution in [2.75, 3.05) is 5.32 Å². The molecule has 0 bridgehead atoms. The van der Waals surface area contributed by atoms with Crippen LogP contribution in [-0.4, -0.2) is 15.0 Å². The first-order valence-electron chi connectivity index (χ1n) is 5.89. The average molecular weight is 252 g/mol. The van der Waals surface area contributed by atoms with E-state index in [1.807, 2.05) is 30.3 Å². The van der Waals surface area contributed by atoms with Crippen LogP contribution in [0.4, 0.5) is 5.69 Å². The second kappa shape index (κ2) is 5.30. The Kier molecular flexibility index (Phi) is 3.18. The van der Waals surface area contributed by atoms with Gasteiger partial charge in [0.1, 0.15) is 6.04 Å². The van der Waals surface area contributed by atoms with Gasteiger partial charge in [0.2, 0.25) is 0 Å². The summed E-state index contributed by atoms with van der Waals surface area (Å²) in [7, 11) is 0. The third-order valence-electron chi connectivity index (χ3n) is 2.71. The van der Waals surface area contributed by atoms with E-state index in [1.54, 1.807) is 24.8 Å². The van der Waals surface area contributed by atoms with Crippen LogP contribution in [0, 0.1) is 0 Å². The molecule has 0 aliphatic heterocycles. The van der Waals surface area contributed by atoms with E-state index in [0.717, 1.165) is 17.1 Å². The van der Waals surface area contributed by atoms with Gasteiger partial charge < -0.3 is 9.73 Å². The standard InChI is InChI=1S/C14H12N4O/c1-2-6-17-12(3-1)14(13-9-16-10-19-13)18-11-4-7-15-8-5-11/h1-10,14H,(H,15,18). The molecule has 3 aromatic heterocycles. The number of nitrogens with zero attached hydrogens (tertiary/aromatic N) is 3. The maximum atomic E-state index is 5.39. The van der Waals surface area contributed by atoms with Gasteiger partial charge in [-0.2, -0.15) is 0 Å². The molecule has 94 valence electrons. The number of rotatable bonds is 4. The van der Waals surface area contributed by atoms with Crippen LogP contribution >= 0.6 is 0 Å². The highest BCUT2D eigenvalue weighted by atomic mass is 16.3. The molecule has 0 saturated heterocycles. The molecular weight excluding hydrogens is 240 g/mol. The normalized spacial score (nSPS) is 12.0. The number of hydrogen-bond donors (Lipinski definition) is 1. The van der Waals surface area contributed by atoms with Crippen LogP contribution in [-0.2, 0) is 0 Å². The summed E-state index contributed by atoms with van der Waals surface area (Å²) in [5.41, 5.74) is 1.82. The van der Waals surface area contributed by atoms with Crippen LogP contribution in [0.5, 0.6) is 0 Å². The highest BCUT2D eigenvalue weighted by Gasteiger charge is 2.18. The molecule has 19 heavy (non-hydrogen) atoms. The van der Waals surface area contributed by atoms with Crippen LogP contribution in [0.3, 0.4) is 0 Å². The van der Waals surface area contributed by atoms with Gasteiger partial charge in [-0.25, -0.2) is 4.98 Å². The fourth-order valence-corrected chi connectivity index (χ4v) is 1.82. The number of hydrogen-bond acceptors (Lipinski definition) is 5. The lowest BCUT2D eigenvalue weighted by Crippen LogP contribution is -2.13. The molecule has 0 aliphatic rings. The summed E-state index contributed by atoms with van der Waals surface area (Å²) in [6.07, 6.45) is 8.33. The van der Waals surface area contributed by atoms with Crippen molar-refractivity contribution in [3.8, 4) is 0 Å². The fraction of sp³-hybridized carbons (Fsp3) is 0.0714. The maximum absolute atomic E-state index is 5.39. The summed E-state index contributed by atoms with van der Waals surface area (Å²) in [6.45, 7) is 0. The molecule has 1 unspecified atom stereocenters. The lowest BCUT2D eigenvalue weighted by molar-refractivity contribution is 0.491. The van der Waals surface area contributed by atoms with E-state index in [-0.39, 0.29) is 6.04 Å². The van der Waals surface area contributed by atoms with Crippen LogP contribution < -0.4 is 5.32 Å². The molecule has 0 radical (unpaired) electrons. The summed E-state index contributed by atoms with van der Waals surface area (Å²) in [4.78, 5) is 12.3. The zero-order chi connectivity index (χ0) is 12.9. The Morgan fingerprint density at radius 3 is 2.58 bits per heavy atom. The molecule has 5 nitrogen and oxygen atoms in total. The minimum Gasteiger partial charge on any atom is -0.446 e. The lowest BCUT2D eigenvalue weighted by Gasteiger charge is -2.16. The molecule has 0 saturated carbocycles. The van der Waals surface area contributed by atoms with Crippen LogP contribution in [0.2, 0.25) is 0 Å².